The molecule has 1 aromatic heterocycles. The molecule has 2 rings (SSSR count). The van der Waals surface area contributed by atoms with Crippen LogP contribution >= 0.6 is 22.6 Å². The highest BCUT2D eigenvalue weighted by Crippen LogP contribution is 2.23. The second-order valence-electron chi connectivity index (χ2n) is 5.73. The molecule has 0 fully saturated rings. The van der Waals surface area contributed by atoms with Crippen molar-refractivity contribution in [2.45, 2.75) is 32.6 Å². The molecule has 1 heterocycles. The first-order valence-electron chi connectivity index (χ1n) is 6.31. The average molecular weight is 386 g/mol. The first kappa shape index (κ1) is 15.2. The molecule has 2 aromatic rings. The lowest BCUT2D eigenvalue weighted by Gasteiger charge is -2.19. The highest BCUT2D eigenvalue weighted by molar-refractivity contribution is 14.1. The number of H-pyrrole nitrogens is 1. The van der Waals surface area contributed by atoms with Crippen LogP contribution in [0.1, 0.15) is 37.9 Å². The molecule has 106 valence electrons. The molecule has 5 heteroatoms. The summed E-state index contributed by atoms with van der Waals surface area (Å²) in [5, 5.41) is 0. The zero-order chi connectivity index (χ0) is 14.9. The van der Waals surface area contributed by atoms with E-state index in [9.17, 15) is 9.18 Å². The lowest BCUT2D eigenvalue weighted by atomic mass is 9.92. The van der Waals surface area contributed by atoms with Crippen LogP contribution in [-0.2, 0) is 11.8 Å². The van der Waals surface area contributed by atoms with Gasteiger partial charge < -0.3 is 4.98 Å². The third-order valence-corrected chi connectivity index (χ3v) is 3.91. The summed E-state index contributed by atoms with van der Waals surface area (Å²) < 4.78 is 13.5. The van der Waals surface area contributed by atoms with Crippen molar-refractivity contribution in [2.75, 3.05) is 0 Å². The van der Waals surface area contributed by atoms with Crippen LogP contribution in [0.5, 0.6) is 0 Å². The number of hydrogen-bond acceptors (Lipinski definition) is 2. The molecule has 0 amide bonds. The summed E-state index contributed by atoms with van der Waals surface area (Å²) in [5.41, 5.74) is 1.39. The van der Waals surface area contributed by atoms with Crippen LogP contribution < -0.4 is 5.56 Å². The van der Waals surface area contributed by atoms with Gasteiger partial charge in [0.1, 0.15) is 15.2 Å². The van der Waals surface area contributed by atoms with Crippen molar-refractivity contribution < 1.29 is 4.39 Å². The molecule has 0 unspecified atom stereocenters. The first-order valence-corrected chi connectivity index (χ1v) is 7.39. The molecular weight excluding hydrogens is 370 g/mol. The SMILES string of the molecule is CC(C)(C)c1nc(Cc2ccc(F)cc2)[nH]c(=O)c1I. The van der Waals surface area contributed by atoms with E-state index < -0.39 is 0 Å². The van der Waals surface area contributed by atoms with Gasteiger partial charge in [-0.25, -0.2) is 9.37 Å². The topological polar surface area (TPSA) is 45.8 Å². The Morgan fingerprint density at radius 3 is 2.40 bits per heavy atom. The summed E-state index contributed by atoms with van der Waals surface area (Å²) in [6.07, 6.45) is 0.482. The van der Waals surface area contributed by atoms with Crippen molar-refractivity contribution in [3.63, 3.8) is 0 Å². The number of halogens is 2. The Balaban J connectivity index is 2.41. The maximum atomic E-state index is 12.9. The zero-order valence-electron chi connectivity index (χ0n) is 11.6. The fourth-order valence-electron chi connectivity index (χ4n) is 1.88. The molecule has 0 aliphatic heterocycles. The monoisotopic (exact) mass is 386 g/mol. The summed E-state index contributed by atoms with van der Waals surface area (Å²) in [4.78, 5) is 19.3. The van der Waals surface area contributed by atoms with Gasteiger partial charge in [-0.3, -0.25) is 4.79 Å². The minimum atomic E-state index is -0.270. The van der Waals surface area contributed by atoms with Gasteiger partial charge in [0, 0.05) is 11.8 Å². The van der Waals surface area contributed by atoms with E-state index in [4.69, 9.17) is 0 Å². The van der Waals surface area contributed by atoms with E-state index in [1.165, 1.54) is 12.1 Å². The number of aromatic amines is 1. The molecule has 0 saturated heterocycles. The Morgan fingerprint density at radius 2 is 1.85 bits per heavy atom. The van der Waals surface area contributed by atoms with Crippen LogP contribution in [0.3, 0.4) is 0 Å². The molecule has 0 spiro atoms. The second kappa shape index (κ2) is 5.63. The summed E-state index contributed by atoms with van der Waals surface area (Å²) >= 11 is 2.03. The number of benzene rings is 1. The van der Waals surface area contributed by atoms with Crippen molar-refractivity contribution in [3.05, 3.63) is 61.1 Å². The van der Waals surface area contributed by atoms with Crippen LogP contribution in [0.2, 0.25) is 0 Å². The number of nitrogens with one attached hydrogen (secondary N) is 1. The maximum Gasteiger partial charge on any atom is 0.264 e. The Morgan fingerprint density at radius 1 is 1.25 bits per heavy atom. The molecule has 20 heavy (non-hydrogen) atoms. The predicted octanol–water partition coefficient (Wildman–Crippen LogP) is 3.40. The van der Waals surface area contributed by atoms with E-state index in [1.807, 2.05) is 43.4 Å². The summed E-state index contributed by atoms with van der Waals surface area (Å²) in [6.45, 7) is 6.08. The number of aromatic nitrogens is 2. The molecule has 0 atom stereocenters. The third-order valence-electron chi connectivity index (χ3n) is 2.91. The Hall–Kier alpha value is -1.24. The molecule has 0 aliphatic rings. The van der Waals surface area contributed by atoms with Gasteiger partial charge in [-0.15, -0.1) is 0 Å². The molecule has 3 nitrogen and oxygen atoms in total. The van der Waals surface area contributed by atoms with Crippen LogP contribution in [0.25, 0.3) is 0 Å². The van der Waals surface area contributed by atoms with Gasteiger partial charge >= 0.3 is 0 Å². The Labute approximate surface area is 130 Å². The minimum absolute atomic E-state index is 0.123. The molecule has 0 saturated carbocycles. The van der Waals surface area contributed by atoms with Gasteiger partial charge in [-0.1, -0.05) is 32.9 Å². The lowest BCUT2D eigenvalue weighted by Crippen LogP contribution is -2.25. The first-order chi connectivity index (χ1) is 9.27. The van der Waals surface area contributed by atoms with Gasteiger partial charge in [0.05, 0.1) is 5.69 Å². The average Bonchev–Trinajstić information content (AvgIpc) is 2.35. The summed E-state index contributed by atoms with van der Waals surface area (Å²) in [5.74, 6) is 0.333. The van der Waals surface area contributed by atoms with E-state index in [1.54, 1.807) is 12.1 Å². The van der Waals surface area contributed by atoms with Crippen molar-refractivity contribution in [2.24, 2.45) is 0 Å². The normalized spacial score (nSPS) is 11.7. The lowest BCUT2D eigenvalue weighted by molar-refractivity contribution is 0.556. The highest BCUT2D eigenvalue weighted by atomic mass is 127. The fraction of sp³-hybridized carbons (Fsp3) is 0.333. The predicted molar refractivity (Wildman–Crippen MR) is 85.5 cm³/mol. The van der Waals surface area contributed by atoms with E-state index >= 15 is 0 Å². The largest absolute Gasteiger partial charge is 0.309 e. The molecule has 0 radical (unpaired) electrons. The van der Waals surface area contributed by atoms with E-state index in [2.05, 4.69) is 9.97 Å². The van der Waals surface area contributed by atoms with Gasteiger partial charge in [0.15, 0.2) is 0 Å². The highest BCUT2D eigenvalue weighted by Gasteiger charge is 2.21. The minimum Gasteiger partial charge on any atom is -0.309 e. The number of hydrogen-bond donors (Lipinski definition) is 1. The van der Waals surface area contributed by atoms with Crippen molar-refractivity contribution in [3.8, 4) is 0 Å². The smallest absolute Gasteiger partial charge is 0.264 e. The van der Waals surface area contributed by atoms with E-state index in [0.29, 0.717) is 15.8 Å². The standard InChI is InChI=1S/C15H16FIN2O/c1-15(2,3)13-12(17)14(20)19-11(18-13)8-9-4-6-10(16)7-5-9/h4-7H,8H2,1-3H3,(H,18,19,20). The number of nitrogens with zero attached hydrogens (tertiary/aromatic N) is 1. The second-order valence-corrected chi connectivity index (χ2v) is 6.81. The van der Waals surface area contributed by atoms with E-state index in [0.717, 1.165) is 11.3 Å². The molecule has 1 aromatic carbocycles. The van der Waals surface area contributed by atoms with Gasteiger partial charge in [-0.2, -0.15) is 0 Å². The molecule has 1 N–H and O–H groups in total. The quantitative estimate of drug-likeness (QED) is 0.805. The van der Waals surface area contributed by atoms with Crippen molar-refractivity contribution >= 4 is 22.6 Å². The van der Waals surface area contributed by atoms with Crippen LogP contribution in [0.4, 0.5) is 4.39 Å². The van der Waals surface area contributed by atoms with Crippen LogP contribution in [0, 0.1) is 9.39 Å². The van der Waals surface area contributed by atoms with Gasteiger partial charge in [0.2, 0.25) is 0 Å². The number of rotatable bonds is 2. The zero-order valence-corrected chi connectivity index (χ0v) is 13.8. The summed E-state index contributed by atoms with van der Waals surface area (Å²) in [7, 11) is 0. The molecular formula is C15H16FIN2O. The van der Waals surface area contributed by atoms with Crippen LogP contribution in [-0.4, -0.2) is 9.97 Å². The Bertz CT molecular complexity index is 672. The maximum absolute atomic E-state index is 12.9. The molecule has 0 aliphatic carbocycles. The molecule has 0 bridgehead atoms. The fourth-order valence-corrected chi connectivity index (χ4v) is 2.95. The van der Waals surface area contributed by atoms with Crippen molar-refractivity contribution in [1.82, 2.24) is 9.97 Å². The van der Waals surface area contributed by atoms with Gasteiger partial charge in [-0.05, 0) is 40.3 Å². The van der Waals surface area contributed by atoms with Crippen LogP contribution in [0.15, 0.2) is 29.1 Å². The Kier molecular flexibility index (Phi) is 4.27. The van der Waals surface area contributed by atoms with E-state index in [-0.39, 0.29) is 16.8 Å². The summed E-state index contributed by atoms with van der Waals surface area (Å²) in [6, 6.07) is 6.21. The third kappa shape index (κ3) is 3.45. The van der Waals surface area contributed by atoms with Crippen molar-refractivity contribution in [1.29, 1.82) is 0 Å². The van der Waals surface area contributed by atoms with Gasteiger partial charge in [0.25, 0.3) is 5.56 Å².